The van der Waals surface area contributed by atoms with Gasteiger partial charge in [0.2, 0.25) is 0 Å². The fourth-order valence-electron chi connectivity index (χ4n) is 2.88. The molecule has 2 heterocycles. The Labute approximate surface area is 130 Å². The largest absolute Gasteiger partial charge is 0.350 e. The number of thiophene rings is 1. The van der Waals surface area contributed by atoms with E-state index in [1.54, 1.807) is 12.1 Å². The van der Waals surface area contributed by atoms with E-state index in [1.807, 2.05) is 12.1 Å². The Morgan fingerprint density at radius 2 is 1.77 bits per heavy atom. The minimum Gasteiger partial charge on any atom is -0.350 e. The molecule has 1 aliphatic rings. The van der Waals surface area contributed by atoms with Gasteiger partial charge in [-0.3, -0.25) is 0 Å². The molecule has 0 amide bonds. The van der Waals surface area contributed by atoms with E-state index in [2.05, 4.69) is 0 Å². The molecule has 0 saturated carbocycles. The molecule has 22 heavy (non-hydrogen) atoms. The molecule has 2 aromatic carbocycles. The van der Waals surface area contributed by atoms with Crippen LogP contribution in [0.1, 0.15) is 12.0 Å². The molecule has 0 atom stereocenters. The van der Waals surface area contributed by atoms with Crippen molar-refractivity contribution in [2.75, 3.05) is 13.2 Å². The molecule has 0 bridgehead atoms. The lowest BCUT2D eigenvalue weighted by atomic mass is 10.1. The first-order valence-electron chi connectivity index (χ1n) is 7.25. The summed E-state index contributed by atoms with van der Waals surface area (Å²) in [5.41, 5.74) is 0.624. The number of rotatable bonds is 3. The van der Waals surface area contributed by atoms with Crippen molar-refractivity contribution in [3.8, 4) is 0 Å². The van der Waals surface area contributed by atoms with Gasteiger partial charge >= 0.3 is 0 Å². The maximum absolute atomic E-state index is 14.7. The van der Waals surface area contributed by atoms with Crippen molar-refractivity contribution in [3.05, 3.63) is 47.5 Å². The summed E-state index contributed by atoms with van der Waals surface area (Å²) < 4.78 is 40.4. The molecule has 1 saturated heterocycles. The van der Waals surface area contributed by atoms with E-state index in [1.165, 1.54) is 17.4 Å². The summed E-state index contributed by atoms with van der Waals surface area (Å²) in [6.45, 7) is 1.20. The third kappa shape index (κ3) is 2.29. The molecule has 1 aromatic heterocycles. The van der Waals surface area contributed by atoms with Gasteiger partial charge in [-0.15, -0.1) is 11.3 Å². The molecule has 114 valence electrons. The molecule has 0 aliphatic carbocycles. The molecule has 1 fully saturated rings. The fraction of sp³-hybridized carbons (Fsp3) is 0.294. The van der Waals surface area contributed by atoms with E-state index in [4.69, 9.17) is 9.47 Å². The minimum absolute atomic E-state index is 0.241. The quantitative estimate of drug-likeness (QED) is 0.700. The van der Waals surface area contributed by atoms with Crippen molar-refractivity contribution in [2.45, 2.75) is 19.1 Å². The van der Waals surface area contributed by atoms with Gasteiger partial charge in [-0.25, -0.2) is 8.78 Å². The lowest BCUT2D eigenvalue weighted by Crippen LogP contribution is -2.09. The van der Waals surface area contributed by atoms with Gasteiger partial charge in [0.1, 0.15) is 11.6 Å². The summed E-state index contributed by atoms with van der Waals surface area (Å²) in [4.78, 5) is 0. The predicted molar refractivity (Wildman–Crippen MR) is 83.3 cm³/mol. The highest BCUT2D eigenvalue weighted by molar-refractivity contribution is 7.25. The molecule has 5 heteroatoms. The molecule has 0 N–H and O–H groups in total. The second-order valence-electron chi connectivity index (χ2n) is 5.34. The van der Waals surface area contributed by atoms with Crippen LogP contribution in [0.3, 0.4) is 0 Å². The predicted octanol–water partition coefficient (Wildman–Crippen LogP) is 4.64. The third-order valence-electron chi connectivity index (χ3n) is 3.98. The van der Waals surface area contributed by atoms with Gasteiger partial charge in [-0.05, 0) is 18.1 Å². The first kappa shape index (κ1) is 14.1. The summed E-state index contributed by atoms with van der Waals surface area (Å²) in [5, 5.41) is 1.54. The van der Waals surface area contributed by atoms with Crippen LogP contribution in [0.4, 0.5) is 8.78 Å². The normalized spacial score (nSPS) is 16.1. The van der Waals surface area contributed by atoms with Gasteiger partial charge in [0, 0.05) is 17.2 Å². The number of halogens is 2. The zero-order valence-corrected chi connectivity index (χ0v) is 12.6. The monoisotopic (exact) mass is 320 g/mol. The molecule has 4 rings (SSSR count). The van der Waals surface area contributed by atoms with Gasteiger partial charge in [0.05, 0.1) is 22.6 Å². The zero-order chi connectivity index (χ0) is 15.1. The number of hydrogen-bond acceptors (Lipinski definition) is 3. The van der Waals surface area contributed by atoms with E-state index in [0.717, 1.165) is 10.8 Å². The third-order valence-corrected chi connectivity index (χ3v) is 5.20. The summed E-state index contributed by atoms with van der Waals surface area (Å²) in [7, 11) is 0. The van der Waals surface area contributed by atoms with Crippen LogP contribution in [-0.4, -0.2) is 19.5 Å². The first-order valence-corrected chi connectivity index (χ1v) is 8.07. The average Bonchev–Trinajstić information content (AvgIpc) is 3.15. The van der Waals surface area contributed by atoms with Crippen LogP contribution in [0, 0.1) is 11.6 Å². The molecule has 0 radical (unpaired) electrons. The van der Waals surface area contributed by atoms with E-state index in [-0.39, 0.29) is 17.9 Å². The van der Waals surface area contributed by atoms with E-state index in [0.29, 0.717) is 41.0 Å². The van der Waals surface area contributed by atoms with Gasteiger partial charge < -0.3 is 9.47 Å². The smallest absolute Gasteiger partial charge is 0.158 e. The van der Waals surface area contributed by atoms with Crippen molar-refractivity contribution in [1.29, 1.82) is 0 Å². The zero-order valence-electron chi connectivity index (χ0n) is 11.8. The van der Waals surface area contributed by atoms with Crippen molar-refractivity contribution in [3.63, 3.8) is 0 Å². The van der Waals surface area contributed by atoms with Crippen LogP contribution in [0.5, 0.6) is 0 Å². The van der Waals surface area contributed by atoms with Gasteiger partial charge in [0.15, 0.2) is 6.29 Å². The van der Waals surface area contributed by atoms with Crippen LogP contribution in [0.25, 0.3) is 20.2 Å². The minimum atomic E-state index is -0.299. The van der Waals surface area contributed by atoms with Crippen LogP contribution in [-0.2, 0) is 15.9 Å². The highest BCUT2D eigenvalue weighted by Gasteiger charge is 2.18. The molecule has 1 aliphatic heterocycles. The van der Waals surface area contributed by atoms with E-state index < -0.39 is 0 Å². The standard InChI is InChI=1S/C17H14F2O2S/c18-13-3-1-2-11-12-6-4-10(5-7-14-20-8-9-21-14)15(19)17(12)22-16(11)13/h1-4,6,14H,5,7-9H2. The molecule has 0 unspecified atom stereocenters. The second-order valence-corrected chi connectivity index (χ2v) is 6.36. The topological polar surface area (TPSA) is 18.5 Å². The molecule has 2 nitrogen and oxygen atoms in total. The van der Waals surface area contributed by atoms with Gasteiger partial charge in [-0.2, -0.15) is 0 Å². The number of hydrogen-bond donors (Lipinski definition) is 0. The summed E-state index contributed by atoms with van der Waals surface area (Å²) in [5.74, 6) is -0.552. The molecular formula is C17H14F2O2S. The number of fused-ring (bicyclic) bond motifs is 3. The Bertz CT molecular complexity index is 837. The Morgan fingerprint density at radius 1 is 1.00 bits per heavy atom. The highest BCUT2D eigenvalue weighted by Crippen LogP contribution is 2.37. The van der Waals surface area contributed by atoms with Gasteiger partial charge in [-0.1, -0.05) is 24.3 Å². The Morgan fingerprint density at radius 3 is 2.59 bits per heavy atom. The maximum Gasteiger partial charge on any atom is 0.158 e. The Hall–Kier alpha value is -1.56. The van der Waals surface area contributed by atoms with Crippen LogP contribution < -0.4 is 0 Å². The first-order chi connectivity index (χ1) is 10.7. The molecular weight excluding hydrogens is 306 g/mol. The average molecular weight is 320 g/mol. The van der Waals surface area contributed by atoms with Crippen molar-refractivity contribution < 1.29 is 18.3 Å². The van der Waals surface area contributed by atoms with E-state index >= 15 is 0 Å². The van der Waals surface area contributed by atoms with Crippen LogP contribution >= 0.6 is 11.3 Å². The lowest BCUT2D eigenvalue weighted by molar-refractivity contribution is -0.0462. The number of aryl methyl sites for hydroxylation is 1. The van der Waals surface area contributed by atoms with Crippen molar-refractivity contribution in [2.24, 2.45) is 0 Å². The second kappa shape index (κ2) is 5.57. The van der Waals surface area contributed by atoms with Crippen molar-refractivity contribution in [1.82, 2.24) is 0 Å². The fourth-order valence-corrected chi connectivity index (χ4v) is 4.04. The Balaban J connectivity index is 1.73. The molecule has 3 aromatic rings. The lowest BCUT2D eigenvalue weighted by Gasteiger charge is -2.09. The number of ether oxygens (including phenoxy) is 2. The maximum atomic E-state index is 14.7. The Kier molecular flexibility index (Phi) is 3.56. The SMILES string of the molecule is Fc1cccc2c1sc1c(F)c(CCC3OCCO3)ccc12. The van der Waals surface area contributed by atoms with Crippen LogP contribution in [0.15, 0.2) is 30.3 Å². The summed E-state index contributed by atoms with van der Waals surface area (Å²) >= 11 is 1.17. The van der Waals surface area contributed by atoms with Gasteiger partial charge in [0.25, 0.3) is 0 Å². The highest BCUT2D eigenvalue weighted by atomic mass is 32.1. The number of benzene rings is 2. The summed E-state index contributed by atoms with van der Waals surface area (Å²) in [6, 6.07) is 8.55. The van der Waals surface area contributed by atoms with E-state index in [9.17, 15) is 8.78 Å². The van der Waals surface area contributed by atoms with Crippen molar-refractivity contribution >= 4 is 31.5 Å². The summed E-state index contributed by atoms with van der Waals surface area (Å²) in [6.07, 6.45) is 0.931. The molecule has 0 spiro atoms. The van der Waals surface area contributed by atoms with Crippen LogP contribution in [0.2, 0.25) is 0 Å².